The highest BCUT2D eigenvalue weighted by Gasteiger charge is 2.32. The van der Waals surface area contributed by atoms with E-state index in [-0.39, 0.29) is 5.91 Å². The van der Waals surface area contributed by atoms with Crippen LogP contribution in [-0.4, -0.2) is 20.7 Å². The summed E-state index contributed by atoms with van der Waals surface area (Å²) in [5.74, 6) is 1.04. The maximum absolute atomic E-state index is 13.6. The number of carbonyl (C=O) groups is 1. The molecule has 186 valence electrons. The zero-order valence-corrected chi connectivity index (χ0v) is 22.1. The van der Waals surface area contributed by atoms with Crippen molar-refractivity contribution < 1.29 is 4.79 Å². The molecule has 1 aliphatic rings. The van der Waals surface area contributed by atoms with Gasteiger partial charge in [0.05, 0.1) is 5.57 Å². The van der Waals surface area contributed by atoms with Gasteiger partial charge >= 0.3 is 0 Å². The number of aromatic nitrogens is 3. The second-order valence-electron chi connectivity index (χ2n) is 8.69. The van der Waals surface area contributed by atoms with E-state index in [1.165, 1.54) is 11.8 Å². The smallest absolute Gasteiger partial charge is 0.255 e. The van der Waals surface area contributed by atoms with E-state index in [2.05, 4.69) is 10.6 Å². The van der Waals surface area contributed by atoms with Gasteiger partial charge in [-0.05, 0) is 42.7 Å². The first kappa shape index (κ1) is 24.9. The molecule has 0 spiro atoms. The number of para-hydroxylation sites is 1. The maximum Gasteiger partial charge on any atom is 0.255 e. The van der Waals surface area contributed by atoms with Gasteiger partial charge in [0.25, 0.3) is 5.91 Å². The highest BCUT2D eigenvalue weighted by atomic mass is 35.5. The standard InChI is InChI=1S/C29H26ClN5OS/c1-19-10-6-9-15-24(19)32-27(36)26-20(2)31-28-33-29(37-18-22-13-7-8-14-23(22)30)34-35(28)25(26)17-16-21-11-4-3-5-12-21/h3-17,25H,18H2,1-2H3,(H,32,36)(H,31,33,34)/b17-16+. The summed E-state index contributed by atoms with van der Waals surface area (Å²) in [4.78, 5) is 18.3. The van der Waals surface area contributed by atoms with Gasteiger partial charge in [-0.1, -0.05) is 102 Å². The number of hydrogen-bond acceptors (Lipinski definition) is 5. The Morgan fingerprint density at radius 1 is 1.05 bits per heavy atom. The number of anilines is 2. The summed E-state index contributed by atoms with van der Waals surface area (Å²) in [6, 6.07) is 25.0. The molecule has 5 rings (SSSR count). The number of rotatable bonds is 7. The minimum Gasteiger partial charge on any atom is -0.328 e. The van der Waals surface area contributed by atoms with Crippen LogP contribution < -0.4 is 10.6 Å². The minimum atomic E-state index is -0.442. The molecule has 1 atom stereocenters. The van der Waals surface area contributed by atoms with Crippen LogP contribution in [0.1, 0.15) is 29.7 Å². The molecule has 8 heteroatoms. The number of halogens is 1. The van der Waals surface area contributed by atoms with Crippen LogP contribution in [0.15, 0.2) is 101 Å². The predicted molar refractivity (Wildman–Crippen MR) is 152 cm³/mol. The second-order valence-corrected chi connectivity index (χ2v) is 10.0. The number of carbonyl (C=O) groups excluding carboxylic acids is 1. The Hall–Kier alpha value is -3.81. The first-order valence-corrected chi connectivity index (χ1v) is 13.3. The summed E-state index contributed by atoms with van der Waals surface area (Å²) in [5.41, 5.74) is 5.13. The zero-order valence-electron chi connectivity index (χ0n) is 20.5. The van der Waals surface area contributed by atoms with Crippen LogP contribution in [0.25, 0.3) is 6.08 Å². The third kappa shape index (κ3) is 5.63. The molecule has 1 aromatic heterocycles. The lowest BCUT2D eigenvalue weighted by molar-refractivity contribution is -0.113. The number of nitrogens with one attached hydrogen (secondary N) is 2. The van der Waals surface area contributed by atoms with Gasteiger partial charge in [0.15, 0.2) is 0 Å². The minimum absolute atomic E-state index is 0.187. The molecule has 2 heterocycles. The van der Waals surface area contributed by atoms with Crippen molar-refractivity contribution in [3.8, 4) is 0 Å². The van der Waals surface area contributed by atoms with E-state index in [4.69, 9.17) is 21.7 Å². The molecular weight excluding hydrogens is 502 g/mol. The SMILES string of the molecule is CC1=C(C(=O)Nc2ccccc2C)C(/C=C/c2ccccc2)n2nc(SCc3ccccc3Cl)nc2N1. The van der Waals surface area contributed by atoms with Crippen LogP contribution in [0, 0.1) is 6.92 Å². The number of nitrogens with zero attached hydrogens (tertiary/aromatic N) is 3. The molecular formula is C29H26ClN5OS. The largest absolute Gasteiger partial charge is 0.328 e. The number of thioether (sulfide) groups is 1. The number of benzene rings is 3. The van der Waals surface area contributed by atoms with Crippen molar-refractivity contribution in [1.82, 2.24) is 14.8 Å². The Morgan fingerprint density at radius 2 is 1.78 bits per heavy atom. The Bertz CT molecular complexity index is 1500. The molecule has 0 saturated carbocycles. The van der Waals surface area contributed by atoms with Crippen LogP contribution in [-0.2, 0) is 10.5 Å². The third-order valence-electron chi connectivity index (χ3n) is 6.10. The van der Waals surface area contributed by atoms with Crippen molar-refractivity contribution in [3.05, 3.63) is 118 Å². The highest BCUT2D eigenvalue weighted by Crippen LogP contribution is 2.35. The van der Waals surface area contributed by atoms with Gasteiger partial charge < -0.3 is 10.6 Å². The molecule has 0 aliphatic carbocycles. The predicted octanol–water partition coefficient (Wildman–Crippen LogP) is 7.12. The molecule has 37 heavy (non-hydrogen) atoms. The molecule has 1 unspecified atom stereocenters. The molecule has 0 saturated heterocycles. The van der Waals surface area contributed by atoms with Crippen molar-refractivity contribution in [2.24, 2.45) is 0 Å². The number of fused-ring (bicyclic) bond motifs is 1. The summed E-state index contributed by atoms with van der Waals surface area (Å²) in [5, 5.41) is 12.5. The average molecular weight is 528 g/mol. The third-order valence-corrected chi connectivity index (χ3v) is 7.35. The van der Waals surface area contributed by atoms with Crippen LogP contribution in [0.2, 0.25) is 5.02 Å². The van der Waals surface area contributed by atoms with Gasteiger partial charge in [-0.25, -0.2) is 4.68 Å². The van der Waals surface area contributed by atoms with Gasteiger partial charge in [0.2, 0.25) is 11.1 Å². The zero-order chi connectivity index (χ0) is 25.8. The van der Waals surface area contributed by atoms with Crippen molar-refractivity contribution in [2.75, 3.05) is 10.6 Å². The van der Waals surface area contributed by atoms with Gasteiger partial charge in [-0.3, -0.25) is 4.79 Å². The van der Waals surface area contributed by atoms with Crippen LogP contribution in [0.4, 0.5) is 11.6 Å². The lowest BCUT2D eigenvalue weighted by atomic mass is 10.0. The highest BCUT2D eigenvalue weighted by molar-refractivity contribution is 7.98. The molecule has 0 fully saturated rings. The lowest BCUT2D eigenvalue weighted by Gasteiger charge is -2.26. The van der Waals surface area contributed by atoms with E-state index in [1.807, 2.05) is 105 Å². The van der Waals surface area contributed by atoms with Crippen molar-refractivity contribution in [1.29, 1.82) is 0 Å². The Balaban J connectivity index is 1.47. The summed E-state index contributed by atoms with van der Waals surface area (Å²) < 4.78 is 1.77. The molecule has 1 amide bonds. The molecule has 0 bridgehead atoms. The van der Waals surface area contributed by atoms with E-state index < -0.39 is 6.04 Å². The molecule has 4 aromatic rings. The van der Waals surface area contributed by atoms with Crippen molar-refractivity contribution in [2.45, 2.75) is 30.8 Å². The summed E-state index contributed by atoms with van der Waals surface area (Å²) >= 11 is 7.84. The molecule has 0 radical (unpaired) electrons. The number of hydrogen-bond donors (Lipinski definition) is 2. The fourth-order valence-corrected chi connectivity index (χ4v) is 5.25. The molecule has 3 aromatic carbocycles. The normalized spacial score (nSPS) is 14.9. The number of aryl methyl sites for hydroxylation is 1. The van der Waals surface area contributed by atoms with Gasteiger partial charge in [0.1, 0.15) is 6.04 Å². The van der Waals surface area contributed by atoms with E-state index in [0.717, 1.165) is 28.1 Å². The van der Waals surface area contributed by atoms with E-state index >= 15 is 0 Å². The fourth-order valence-electron chi connectivity index (χ4n) is 4.13. The fraction of sp³-hybridized carbons (Fsp3) is 0.138. The summed E-state index contributed by atoms with van der Waals surface area (Å²) in [6.45, 7) is 3.87. The van der Waals surface area contributed by atoms with Gasteiger partial charge in [-0.2, -0.15) is 4.98 Å². The first-order valence-electron chi connectivity index (χ1n) is 11.9. The van der Waals surface area contributed by atoms with Crippen LogP contribution in [0.5, 0.6) is 0 Å². The second kappa shape index (κ2) is 11.1. The molecule has 6 nitrogen and oxygen atoms in total. The van der Waals surface area contributed by atoms with E-state index in [1.54, 1.807) is 4.68 Å². The van der Waals surface area contributed by atoms with Crippen LogP contribution >= 0.6 is 23.4 Å². The monoisotopic (exact) mass is 527 g/mol. The lowest BCUT2D eigenvalue weighted by Crippen LogP contribution is -2.30. The van der Waals surface area contributed by atoms with Crippen molar-refractivity contribution >= 4 is 47.0 Å². The summed E-state index contributed by atoms with van der Waals surface area (Å²) in [7, 11) is 0. The van der Waals surface area contributed by atoms with Crippen LogP contribution in [0.3, 0.4) is 0 Å². The Labute approximate surface area is 225 Å². The molecule has 2 N–H and O–H groups in total. The van der Waals surface area contributed by atoms with Gasteiger partial charge in [-0.15, -0.1) is 5.10 Å². The number of allylic oxidation sites excluding steroid dienone is 2. The Morgan fingerprint density at radius 3 is 2.57 bits per heavy atom. The summed E-state index contributed by atoms with van der Waals surface area (Å²) in [6.07, 6.45) is 4.00. The maximum atomic E-state index is 13.6. The van der Waals surface area contributed by atoms with E-state index in [9.17, 15) is 4.79 Å². The first-order chi connectivity index (χ1) is 18.0. The van der Waals surface area contributed by atoms with Gasteiger partial charge in [0, 0.05) is 22.2 Å². The topological polar surface area (TPSA) is 71.8 Å². The van der Waals surface area contributed by atoms with Crippen molar-refractivity contribution in [3.63, 3.8) is 0 Å². The number of amides is 1. The molecule has 1 aliphatic heterocycles. The quantitative estimate of drug-likeness (QED) is 0.250. The average Bonchev–Trinajstić information content (AvgIpc) is 3.31. The Kier molecular flexibility index (Phi) is 7.44. The van der Waals surface area contributed by atoms with E-state index in [0.29, 0.717) is 27.5 Å².